The van der Waals surface area contributed by atoms with Crippen molar-refractivity contribution in [2.24, 2.45) is 0 Å². The first-order chi connectivity index (χ1) is 11.0. The third kappa shape index (κ3) is 3.98. The van der Waals surface area contributed by atoms with Crippen LogP contribution in [0, 0.1) is 0 Å². The van der Waals surface area contributed by atoms with Crippen LogP contribution in [0.3, 0.4) is 0 Å². The molecule has 1 aromatic rings. The van der Waals surface area contributed by atoms with Gasteiger partial charge in [0.1, 0.15) is 6.61 Å². The van der Waals surface area contributed by atoms with Crippen LogP contribution in [0.4, 0.5) is 48.3 Å². The molecule has 0 aliphatic carbocycles. The SMILES string of the molecule is CC(F)(F)COC(F)(F)C(F)(F)C(F)(C(F)C(F)(F)F)n1cccn1. The Morgan fingerprint density at radius 3 is 1.88 bits per heavy atom. The van der Waals surface area contributed by atoms with E-state index in [1.54, 1.807) is 0 Å². The summed E-state index contributed by atoms with van der Waals surface area (Å²) in [5.74, 6) is -16.5. The zero-order chi connectivity index (χ0) is 19.9. The Morgan fingerprint density at radius 1 is 1.00 bits per heavy atom. The predicted octanol–water partition coefficient (Wildman–Crippen LogP) is 4.31. The number of hydrogen-bond acceptors (Lipinski definition) is 2. The average molecular weight is 394 g/mol. The third-order valence-electron chi connectivity index (χ3n) is 2.77. The Morgan fingerprint density at radius 2 is 1.52 bits per heavy atom. The fourth-order valence-corrected chi connectivity index (χ4v) is 1.61. The van der Waals surface area contributed by atoms with Gasteiger partial charge in [-0.1, -0.05) is 0 Å². The van der Waals surface area contributed by atoms with Crippen molar-refractivity contribution in [3.8, 4) is 0 Å². The molecule has 0 radical (unpaired) electrons. The highest BCUT2D eigenvalue weighted by atomic mass is 19.4. The summed E-state index contributed by atoms with van der Waals surface area (Å²) in [7, 11) is 0. The summed E-state index contributed by atoms with van der Waals surface area (Å²) in [4.78, 5) is 0. The molecule has 2 atom stereocenters. The van der Waals surface area contributed by atoms with E-state index in [1.807, 2.05) is 0 Å². The summed E-state index contributed by atoms with van der Waals surface area (Å²) in [5, 5.41) is 2.60. The number of rotatable bonds is 7. The van der Waals surface area contributed by atoms with E-state index in [-0.39, 0.29) is 13.1 Å². The van der Waals surface area contributed by atoms with Gasteiger partial charge in [0.25, 0.3) is 12.1 Å². The van der Waals surface area contributed by atoms with Crippen LogP contribution in [-0.4, -0.2) is 46.7 Å². The molecule has 0 fully saturated rings. The molecule has 25 heavy (non-hydrogen) atoms. The van der Waals surface area contributed by atoms with Gasteiger partial charge >= 0.3 is 24.0 Å². The van der Waals surface area contributed by atoms with E-state index in [0.29, 0.717) is 12.3 Å². The number of nitrogens with zero attached hydrogens (tertiary/aromatic N) is 2. The van der Waals surface area contributed by atoms with E-state index >= 15 is 0 Å². The fourth-order valence-electron chi connectivity index (χ4n) is 1.61. The first-order valence-corrected chi connectivity index (χ1v) is 6.14. The van der Waals surface area contributed by atoms with Crippen molar-refractivity contribution in [3.63, 3.8) is 0 Å². The zero-order valence-corrected chi connectivity index (χ0v) is 12.0. The molecule has 0 aliphatic heterocycles. The summed E-state index contributed by atoms with van der Waals surface area (Å²) in [6.07, 6.45) is -17.3. The molecule has 3 nitrogen and oxygen atoms in total. The Kier molecular flexibility index (Phi) is 5.39. The van der Waals surface area contributed by atoms with Gasteiger partial charge in [0.05, 0.1) is 0 Å². The van der Waals surface area contributed by atoms with Crippen molar-refractivity contribution in [3.05, 3.63) is 18.5 Å². The molecule has 2 unspecified atom stereocenters. The van der Waals surface area contributed by atoms with Gasteiger partial charge in [0, 0.05) is 19.3 Å². The van der Waals surface area contributed by atoms with Crippen molar-refractivity contribution in [1.29, 1.82) is 0 Å². The van der Waals surface area contributed by atoms with Gasteiger partial charge in [0.15, 0.2) is 0 Å². The van der Waals surface area contributed by atoms with Gasteiger partial charge in [0.2, 0.25) is 0 Å². The van der Waals surface area contributed by atoms with Gasteiger partial charge < -0.3 is 4.74 Å². The summed E-state index contributed by atoms with van der Waals surface area (Å²) in [5.41, 5.74) is 0. The molecule has 1 heterocycles. The lowest BCUT2D eigenvalue weighted by atomic mass is 10.00. The smallest absolute Gasteiger partial charge is 0.309 e. The third-order valence-corrected chi connectivity index (χ3v) is 2.77. The van der Waals surface area contributed by atoms with Crippen LogP contribution in [0.5, 0.6) is 0 Å². The topological polar surface area (TPSA) is 27.1 Å². The van der Waals surface area contributed by atoms with Gasteiger partial charge in [-0.2, -0.15) is 35.8 Å². The highest BCUT2D eigenvalue weighted by Gasteiger charge is 2.80. The standard InChI is InChI=1S/C11H9F11N2O/c1-7(13,14)5-25-11(21,22)10(19,20)8(15,6(12)9(16,17)18)24-4-2-3-23-24/h2-4,6H,5H2,1H3. The molecular formula is C11H9F11N2O. The van der Waals surface area contributed by atoms with Gasteiger partial charge in [-0.15, -0.1) is 0 Å². The Labute approximate surface area is 132 Å². The second-order valence-corrected chi connectivity index (χ2v) is 4.98. The van der Waals surface area contributed by atoms with Crippen LogP contribution < -0.4 is 0 Å². The number of halogens is 11. The van der Waals surface area contributed by atoms with E-state index in [0.717, 1.165) is 0 Å². The van der Waals surface area contributed by atoms with Crippen LogP contribution >= 0.6 is 0 Å². The maximum atomic E-state index is 14.4. The van der Waals surface area contributed by atoms with E-state index in [9.17, 15) is 48.3 Å². The maximum Gasteiger partial charge on any atom is 0.425 e. The molecule has 0 N–H and O–H groups in total. The number of alkyl halides is 11. The molecule has 0 amide bonds. The molecule has 0 saturated carbocycles. The lowest BCUT2D eigenvalue weighted by molar-refractivity contribution is -0.420. The van der Waals surface area contributed by atoms with E-state index < -0.39 is 47.4 Å². The minimum atomic E-state index is -6.58. The molecule has 0 bridgehead atoms. The first-order valence-electron chi connectivity index (χ1n) is 6.14. The van der Waals surface area contributed by atoms with Crippen molar-refractivity contribution >= 4 is 0 Å². The Hall–Kier alpha value is -1.60. The molecule has 146 valence electrons. The molecule has 0 saturated heterocycles. The van der Waals surface area contributed by atoms with Crippen LogP contribution in [0.15, 0.2) is 18.5 Å². The quantitative estimate of drug-likeness (QED) is 0.645. The molecule has 14 heteroatoms. The Balaban J connectivity index is 3.42. The maximum absolute atomic E-state index is 14.4. The summed E-state index contributed by atoms with van der Waals surface area (Å²) in [6, 6.07) is 0.548. The molecule has 0 aliphatic rings. The van der Waals surface area contributed by atoms with E-state index in [4.69, 9.17) is 0 Å². The first kappa shape index (κ1) is 21.4. The van der Waals surface area contributed by atoms with E-state index in [1.165, 1.54) is 0 Å². The lowest BCUT2D eigenvalue weighted by Crippen LogP contribution is -2.65. The predicted molar refractivity (Wildman–Crippen MR) is 58.7 cm³/mol. The highest BCUT2D eigenvalue weighted by Crippen LogP contribution is 2.53. The fraction of sp³-hybridized carbons (Fsp3) is 0.727. The van der Waals surface area contributed by atoms with E-state index in [2.05, 4.69) is 9.84 Å². The van der Waals surface area contributed by atoms with Crippen molar-refractivity contribution < 1.29 is 53.0 Å². The van der Waals surface area contributed by atoms with Gasteiger partial charge in [-0.05, 0) is 6.07 Å². The minimum absolute atomic E-state index is 0.0245. The molecule has 0 spiro atoms. The zero-order valence-electron chi connectivity index (χ0n) is 12.0. The van der Waals surface area contributed by atoms with Gasteiger partial charge in [-0.3, -0.25) is 0 Å². The molecule has 1 aromatic heterocycles. The van der Waals surface area contributed by atoms with Crippen molar-refractivity contribution in [2.75, 3.05) is 6.61 Å². The average Bonchev–Trinajstić information content (AvgIpc) is 2.96. The van der Waals surface area contributed by atoms with Crippen LogP contribution in [-0.2, 0) is 10.5 Å². The number of hydrogen-bond donors (Lipinski definition) is 0. The summed E-state index contributed by atoms with van der Waals surface area (Å²) < 4.78 is 147. The number of ether oxygens (including phenoxy) is 1. The van der Waals surface area contributed by atoms with Crippen molar-refractivity contribution in [2.45, 2.75) is 43.0 Å². The van der Waals surface area contributed by atoms with Gasteiger partial charge in [-0.25, -0.2) is 22.2 Å². The molecular weight excluding hydrogens is 385 g/mol. The second kappa shape index (κ2) is 6.29. The van der Waals surface area contributed by atoms with Crippen molar-refractivity contribution in [1.82, 2.24) is 9.78 Å². The summed E-state index contributed by atoms with van der Waals surface area (Å²) in [6.45, 7) is -2.43. The normalized spacial score (nSPS) is 18.1. The largest absolute Gasteiger partial charge is 0.425 e. The molecule has 1 rings (SSSR count). The van der Waals surface area contributed by atoms with Crippen LogP contribution in [0.25, 0.3) is 0 Å². The number of aromatic nitrogens is 2. The highest BCUT2D eigenvalue weighted by molar-refractivity contribution is 5.03. The van der Waals surface area contributed by atoms with Crippen LogP contribution in [0.2, 0.25) is 0 Å². The monoisotopic (exact) mass is 394 g/mol. The summed E-state index contributed by atoms with van der Waals surface area (Å²) >= 11 is 0. The minimum Gasteiger partial charge on any atom is -0.309 e. The second-order valence-electron chi connectivity index (χ2n) is 4.98. The Bertz CT molecular complexity index is 566. The lowest BCUT2D eigenvalue weighted by Gasteiger charge is -2.39. The molecule has 0 aromatic carbocycles. The van der Waals surface area contributed by atoms with Crippen LogP contribution in [0.1, 0.15) is 6.92 Å².